The number of nitrogens with one attached hydrogen (secondary N) is 1. The lowest BCUT2D eigenvalue weighted by Gasteiger charge is -2.04. The van der Waals surface area contributed by atoms with Crippen LogP contribution < -0.4 is 10.1 Å². The summed E-state index contributed by atoms with van der Waals surface area (Å²) >= 11 is 1.31. The summed E-state index contributed by atoms with van der Waals surface area (Å²) in [6, 6.07) is 15.0. The summed E-state index contributed by atoms with van der Waals surface area (Å²) < 4.78 is 5.33. The lowest BCUT2D eigenvalue weighted by Crippen LogP contribution is -2.12. The number of aryl methyl sites for hydroxylation is 1. The van der Waals surface area contributed by atoms with Crippen molar-refractivity contribution in [3.63, 3.8) is 0 Å². The van der Waals surface area contributed by atoms with Crippen LogP contribution in [0.3, 0.4) is 0 Å². The predicted molar refractivity (Wildman–Crippen MR) is 91.0 cm³/mol. The zero-order valence-corrected chi connectivity index (χ0v) is 13.6. The van der Waals surface area contributed by atoms with Crippen LogP contribution in [0.2, 0.25) is 0 Å². The van der Waals surface area contributed by atoms with Crippen molar-refractivity contribution in [2.75, 3.05) is 12.4 Å². The molecule has 0 radical (unpaired) electrons. The van der Waals surface area contributed by atoms with Gasteiger partial charge in [-0.1, -0.05) is 41.7 Å². The Hall–Kier alpha value is -2.73. The lowest BCUT2D eigenvalue weighted by atomic mass is 10.1. The van der Waals surface area contributed by atoms with Crippen molar-refractivity contribution in [3.8, 4) is 16.3 Å². The molecule has 6 heteroatoms. The van der Waals surface area contributed by atoms with Crippen LogP contribution in [0.1, 0.15) is 15.9 Å². The largest absolute Gasteiger partial charge is 0.496 e. The van der Waals surface area contributed by atoms with Crippen molar-refractivity contribution in [2.24, 2.45) is 0 Å². The van der Waals surface area contributed by atoms with Gasteiger partial charge in [0, 0.05) is 5.56 Å². The van der Waals surface area contributed by atoms with Crippen LogP contribution in [-0.2, 0) is 0 Å². The molecule has 1 amide bonds. The molecule has 0 atom stereocenters. The van der Waals surface area contributed by atoms with Crippen LogP contribution in [0.25, 0.3) is 10.6 Å². The Bertz CT molecular complexity index is 845. The van der Waals surface area contributed by atoms with E-state index in [4.69, 9.17) is 4.74 Å². The molecule has 1 aromatic heterocycles. The third-order valence-corrected chi connectivity index (χ3v) is 4.24. The maximum absolute atomic E-state index is 12.3. The fourth-order valence-electron chi connectivity index (χ4n) is 2.20. The first-order valence-electron chi connectivity index (χ1n) is 7.03. The third kappa shape index (κ3) is 3.22. The van der Waals surface area contributed by atoms with Crippen molar-refractivity contribution in [1.29, 1.82) is 0 Å². The van der Waals surface area contributed by atoms with E-state index in [1.807, 2.05) is 49.4 Å². The quantitative estimate of drug-likeness (QED) is 0.793. The van der Waals surface area contributed by atoms with Crippen molar-refractivity contribution < 1.29 is 9.53 Å². The molecule has 3 rings (SSSR count). The van der Waals surface area contributed by atoms with Gasteiger partial charge in [0.15, 0.2) is 5.01 Å². The summed E-state index contributed by atoms with van der Waals surface area (Å²) in [6.07, 6.45) is 0. The van der Waals surface area contributed by atoms with Crippen molar-refractivity contribution >= 4 is 22.4 Å². The van der Waals surface area contributed by atoms with Crippen molar-refractivity contribution in [2.45, 2.75) is 6.92 Å². The number of carbonyl (C=O) groups excluding carboxylic acids is 1. The van der Waals surface area contributed by atoms with E-state index in [2.05, 4.69) is 15.5 Å². The van der Waals surface area contributed by atoms with Gasteiger partial charge >= 0.3 is 0 Å². The van der Waals surface area contributed by atoms with E-state index in [1.54, 1.807) is 13.2 Å². The molecule has 0 aliphatic heterocycles. The van der Waals surface area contributed by atoms with Gasteiger partial charge in [0.2, 0.25) is 5.13 Å². The maximum atomic E-state index is 12.3. The number of ether oxygens (including phenoxy) is 1. The first-order valence-corrected chi connectivity index (χ1v) is 7.84. The first-order chi connectivity index (χ1) is 11.2. The SMILES string of the molecule is COc1ccccc1-c1nnc(NC(=O)c2ccccc2C)s1. The van der Waals surface area contributed by atoms with Crippen molar-refractivity contribution in [1.82, 2.24) is 10.2 Å². The molecule has 0 aliphatic rings. The van der Waals surface area contributed by atoms with E-state index in [-0.39, 0.29) is 5.91 Å². The van der Waals surface area contributed by atoms with E-state index < -0.39 is 0 Å². The zero-order chi connectivity index (χ0) is 16.2. The molecule has 5 nitrogen and oxygen atoms in total. The van der Waals surface area contributed by atoms with Crippen molar-refractivity contribution in [3.05, 3.63) is 59.7 Å². The fourth-order valence-corrected chi connectivity index (χ4v) is 2.96. The molecule has 2 aromatic carbocycles. The second-order valence-corrected chi connectivity index (χ2v) is 5.86. The maximum Gasteiger partial charge on any atom is 0.257 e. The molecule has 0 bridgehead atoms. The van der Waals surface area contributed by atoms with Crippen LogP contribution in [0.15, 0.2) is 48.5 Å². The van der Waals surface area contributed by atoms with E-state index in [1.165, 1.54) is 11.3 Å². The van der Waals surface area contributed by atoms with Crippen LogP contribution in [-0.4, -0.2) is 23.2 Å². The second-order valence-electron chi connectivity index (χ2n) is 4.88. The minimum Gasteiger partial charge on any atom is -0.496 e. The van der Waals surface area contributed by atoms with E-state index >= 15 is 0 Å². The van der Waals surface area contributed by atoms with Gasteiger partial charge in [-0.05, 0) is 30.7 Å². The highest BCUT2D eigenvalue weighted by atomic mass is 32.1. The molecule has 0 spiro atoms. The molecule has 0 aliphatic carbocycles. The van der Waals surface area contributed by atoms with Gasteiger partial charge in [0.25, 0.3) is 5.91 Å². The lowest BCUT2D eigenvalue weighted by molar-refractivity contribution is 0.102. The number of para-hydroxylation sites is 1. The first kappa shape index (κ1) is 15.2. The predicted octanol–water partition coefficient (Wildman–Crippen LogP) is 3.77. The molecule has 0 saturated carbocycles. The van der Waals surface area contributed by atoms with Crippen LogP contribution >= 0.6 is 11.3 Å². The number of benzene rings is 2. The number of rotatable bonds is 4. The Morgan fingerprint density at radius 2 is 1.83 bits per heavy atom. The molecule has 0 saturated heterocycles. The molecule has 3 aromatic rings. The van der Waals surface area contributed by atoms with Gasteiger partial charge in [-0.25, -0.2) is 0 Å². The monoisotopic (exact) mass is 325 g/mol. The number of hydrogen-bond acceptors (Lipinski definition) is 5. The molecule has 0 fully saturated rings. The summed E-state index contributed by atoms with van der Waals surface area (Å²) in [5.41, 5.74) is 2.39. The fraction of sp³-hybridized carbons (Fsp3) is 0.118. The second kappa shape index (κ2) is 6.58. The highest BCUT2D eigenvalue weighted by molar-refractivity contribution is 7.18. The van der Waals surface area contributed by atoms with Crippen LogP contribution in [0.4, 0.5) is 5.13 Å². The summed E-state index contributed by atoms with van der Waals surface area (Å²) in [7, 11) is 1.61. The Balaban J connectivity index is 1.83. The highest BCUT2D eigenvalue weighted by Gasteiger charge is 2.14. The Kier molecular flexibility index (Phi) is 4.34. The summed E-state index contributed by atoms with van der Waals surface area (Å²) in [5, 5.41) is 12.1. The average Bonchev–Trinajstić information content (AvgIpc) is 3.03. The van der Waals surface area contributed by atoms with E-state index in [0.717, 1.165) is 16.9 Å². The third-order valence-electron chi connectivity index (χ3n) is 3.37. The Morgan fingerprint density at radius 3 is 2.61 bits per heavy atom. The molecular formula is C17H15N3O2S. The molecular weight excluding hydrogens is 310 g/mol. The summed E-state index contributed by atoms with van der Waals surface area (Å²) in [5.74, 6) is 0.534. The number of carbonyl (C=O) groups is 1. The molecule has 1 N–H and O–H groups in total. The molecule has 0 unspecified atom stereocenters. The van der Waals surface area contributed by atoms with Crippen LogP contribution in [0, 0.1) is 6.92 Å². The van der Waals surface area contributed by atoms with Gasteiger partial charge in [0.05, 0.1) is 12.7 Å². The van der Waals surface area contributed by atoms with E-state index in [9.17, 15) is 4.79 Å². The highest BCUT2D eigenvalue weighted by Crippen LogP contribution is 2.33. The summed E-state index contributed by atoms with van der Waals surface area (Å²) in [6.45, 7) is 1.90. The topological polar surface area (TPSA) is 64.1 Å². The molecule has 23 heavy (non-hydrogen) atoms. The molecule has 1 heterocycles. The van der Waals surface area contributed by atoms with Gasteiger partial charge < -0.3 is 4.74 Å². The number of amides is 1. The summed E-state index contributed by atoms with van der Waals surface area (Å²) in [4.78, 5) is 12.3. The number of anilines is 1. The number of aromatic nitrogens is 2. The Labute approximate surface area is 138 Å². The number of hydrogen-bond donors (Lipinski definition) is 1. The minimum absolute atomic E-state index is 0.189. The van der Waals surface area contributed by atoms with Gasteiger partial charge in [0.1, 0.15) is 5.75 Å². The smallest absolute Gasteiger partial charge is 0.257 e. The zero-order valence-electron chi connectivity index (χ0n) is 12.7. The number of methoxy groups -OCH3 is 1. The minimum atomic E-state index is -0.189. The van der Waals surface area contributed by atoms with Gasteiger partial charge in [-0.3, -0.25) is 10.1 Å². The van der Waals surface area contributed by atoms with Crippen LogP contribution in [0.5, 0.6) is 5.75 Å². The standard InChI is InChI=1S/C17H15N3O2S/c1-11-7-3-4-8-12(11)15(21)18-17-20-19-16(23-17)13-9-5-6-10-14(13)22-2/h3-10H,1-2H3,(H,18,20,21). The van der Waals surface area contributed by atoms with Gasteiger partial charge in [-0.2, -0.15) is 0 Å². The molecule has 116 valence electrons. The number of nitrogens with zero attached hydrogens (tertiary/aromatic N) is 2. The normalized spacial score (nSPS) is 10.3. The van der Waals surface area contributed by atoms with Gasteiger partial charge in [-0.15, -0.1) is 10.2 Å². The average molecular weight is 325 g/mol. The Morgan fingerprint density at radius 1 is 1.09 bits per heavy atom. The van der Waals surface area contributed by atoms with E-state index in [0.29, 0.717) is 15.7 Å².